The summed E-state index contributed by atoms with van der Waals surface area (Å²) in [6.45, 7) is 1.73. The third kappa shape index (κ3) is 4.21. The molecule has 17 heavy (non-hydrogen) atoms. The normalized spacial score (nSPS) is 13.6. The predicted octanol–water partition coefficient (Wildman–Crippen LogP) is 2.93. The lowest BCUT2D eigenvalue weighted by Gasteiger charge is -2.13. The molecule has 0 radical (unpaired) electrons. The Bertz CT molecular complexity index is 495. The molecule has 0 aliphatic carbocycles. The molecule has 0 bridgehead atoms. The van der Waals surface area contributed by atoms with Gasteiger partial charge in [0.2, 0.25) is 10.0 Å². The topological polar surface area (TPSA) is 46.2 Å². The third-order valence-electron chi connectivity index (χ3n) is 2.08. The van der Waals surface area contributed by atoms with E-state index in [4.69, 9.17) is 11.6 Å². The van der Waals surface area contributed by atoms with E-state index in [-0.39, 0.29) is 16.0 Å². The molecule has 0 fully saturated rings. The molecule has 1 aromatic carbocycles. The van der Waals surface area contributed by atoms with Crippen molar-refractivity contribution in [2.24, 2.45) is 0 Å². The predicted molar refractivity (Wildman–Crippen MR) is 69.6 cm³/mol. The third-order valence-corrected chi connectivity index (χ3v) is 4.61. The average Bonchev–Trinajstić information content (AvgIpc) is 2.21. The fraction of sp³-hybridized carbons (Fsp3) is 0.400. The van der Waals surface area contributed by atoms with E-state index in [0.29, 0.717) is 11.8 Å². The first-order chi connectivity index (χ1) is 7.86. The highest BCUT2D eigenvalue weighted by atomic mass is 79.9. The van der Waals surface area contributed by atoms with Crippen molar-refractivity contribution in [1.29, 1.82) is 0 Å². The van der Waals surface area contributed by atoms with Crippen LogP contribution in [0.2, 0.25) is 5.02 Å². The Kier molecular flexibility index (Phi) is 5.37. The Labute approximate surface area is 114 Å². The maximum absolute atomic E-state index is 13.0. The number of halogens is 3. The van der Waals surface area contributed by atoms with Crippen LogP contribution in [0.25, 0.3) is 0 Å². The maximum atomic E-state index is 13.0. The molecule has 1 unspecified atom stereocenters. The average molecular weight is 345 g/mol. The van der Waals surface area contributed by atoms with Crippen LogP contribution in [0.3, 0.4) is 0 Å². The van der Waals surface area contributed by atoms with Gasteiger partial charge in [-0.05, 0) is 31.5 Å². The molecule has 0 amide bonds. The van der Waals surface area contributed by atoms with Gasteiger partial charge in [0.05, 0.1) is 5.02 Å². The quantitative estimate of drug-likeness (QED) is 0.835. The second-order valence-corrected chi connectivity index (χ2v) is 6.46. The van der Waals surface area contributed by atoms with E-state index in [1.165, 1.54) is 6.07 Å². The highest BCUT2D eigenvalue weighted by Gasteiger charge is 2.20. The number of rotatable bonds is 5. The summed E-state index contributed by atoms with van der Waals surface area (Å²) >= 11 is 8.97. The van der Waals surface area contributed by atoms with Crippen molar-refractivity contribution in [3.63, 3.8) is 0 Å². The first kappa shape index (κ1) is 14.9. The molecule has 1 rings (SSSR count). The van der Waals surface area contributed by atoms with Crippen molar-refractivity contribution in [2.45, 2.75) is 24.3 Å². The van der Waals surface area contributed by atoms with Crippen molar-refractivity contribution in [3.8, 4) is 0 Å². The van der Waals surface area contributed by atoms with Crippen molar-refractivity contribution < 1.29 is 12.8 Å². The zero-order valence-corrected chi connectivity index (χ0v) is 12.2. The summed E-state index contributed by atoms with van der Waals surface area (Å²) in [4.78, 5) is -0.236. The number of benzene rings is 1. The molecule has 0 aliphatic rings. The van der Waals surface area contributed by atoms with Crippen molar-refractivity contribution >= 4 is 37.6 Å². The van der Waals surface area contributed by atoms with Gasteiger partial charge >= 0.3 is 0 Å². The minimum Gasteiger partial charge on any atom is -0.208 e. The second-order valence-electron chi connectivity index (χ2n) is 3.57. The smallest absolute Gasteiger partial charge is 0.208 e. The molecule has 1 N–H and O–H groups in total. The minimum atomic E-state index is -3.78. The number of hydrogen-bond acceptors (Lipinski definition) is 2. The summed E-state index contributed by atoms with van der Waals surface area (Å²) in [5.74, 6) is -0.636. The summed E-state index contributed by atoms with van der Waals surface area (Å²) in [6, 6.07) is 2.99. The molecule has 0 aliphatic heterocycles. The van der Waals surface area contributed by atoms with E-state index in [2.05, 4.69) is 20.7 Å². The number of sulfonamides is 1. The Hall–Kier alpha value is -0.170. The molecular weight excluding hydrogens is 333 g/mol. The van der Waals surface area contributed by atoms with Crippen LogP contribution in [0, 0.1) is 5.82 Å². The van der Waals surface area contributed by atoms with E-state index in [0.717, 1.165) is 12.1 Å². The van der Waals surface area contributed by atoms with Crippen LogP contribution >= 0.6 is 27.5 Å². The molecule has 0 heterocycles. The standard InChI is InChI=1S/C10H12BrClFNO2S/c1-7(4-5-11)14-17(15,16)10-6-8(13)2-3-9(10)12/h2-3,6-7,14H,4-5H2,1H3. The van der Waals surface area contributed by atoms with E-state index in [1.807, 2.05) is 0 Å². The lowest BCUT2D eigenvalue weighted by Crippen LogP contribution is -2.33. The monoisotopic (exact) mass is 343 g/mol. The lowest BCUT2D eigenvalue weighted by atomic mass is 10.3. The Balaban J connectivity index is 3.01. The molecule has 0 saturated carbocycles. The molecule has 0 spiro atoms. The van der Waals surface area contributed by atoms with E-state index in [9.17, 15) is 12.8 Å². The fourth-order valence-corrected chi connectivity index (χ4v) is 3.71. The largest absolute Gasteiger partial charge is 0.242 e. The van der Waals surface area contributed by atoms with Crippen molar-refractivity contribution in [2.75, 3.05) is 5.33 Å². The van der Waals surface area contributed by atoms with Gasteiger partial charge in [-0.2, -0.15) is 0 Å². The van der Waals surface area contributed by atoms with Crippen LogP contribution in [-0.2, 0) is 10.0 Å². The minimum absolute atomic E-state index is 0.00458. The summed E-state index contributed by atoms with van der Waals surface area (Å²) < 4.78 is 39.3. The van der Waals surface area contributed by atoms with Gasteiger partial charge in [0.15, 0.2) is 0 Å². The van der Waals surface area contributed by atoms with Gasteiger partial charge in [0.1, 0.15) is 10.7 Å². The van der Waals surface area contributed by atoms with Crippen LogP contribution in [0.15, 0.2) is 23.1 Å². The Morgan fingerprint density at radius 3 is 2.76 bits per heavy atom. The van der Waals surface area contributed by atoms with E-state index in [1.54, 1.807) is 6.92 Å². The highest BCUT2D eigenvalue weighted by molar-refractivity contribution is 9.09. The zero-order valence-electron chi connectivity index (χ0n) is 9.08. The molecule has 7 heteroatoms. The number of alkyl halides is 1. The summed E-state index contributed by atoms with van der Waals surface area (Å²) in [5.41, 5.74) is 0. The van der Waals surface area contributed by atoms with E-state index >= 15 is 0 Å². The second kappa shape index (κ2) is 6.13. The Morgan fingerprint density at radius 1 is 1.53 bits per heavy atom. The molecule has 96 valence electrons. The van der Waals surface area contributed by atoms with Gasteiger partial charge in [0.25, 0.3) is 0 Å². The number of nitrogens with one attached hydrogen (secondary N) is 1. The van der Waals surface area contributed by atoms with Gasteiger partial charge in [-0.15, -0.1) is 0 Å². The molecule has 0 saturated heterocycles. The summed E-state index contributed by atoms with van der Waals surface area (Å²) in [5, 5.41) is 0.679. The van der Waals surface area contributed by atoms with Crippen LogP contribution in [0.1, 0.15) is 13.3 Å². The number of hydrogen-bond donors (Lipinski definition) is 1. The van der Waals surface area contributed by atoms with Gasteiger partial charge in [0, 0.05) is 11.4 Å². The van der Waals surface area contributed by atoms with Gasteiger partial charge in [-0.1, -0.05) is 27.5 Å². The van der Waals surface area contributed by atoms with Crippen LogP contribution < -0.4 is 4.72 Å². The highest BCUT2D eigenvalue weighted by Crippen LogP contribution is 2.22. The van der Waals surface area contributed by atoms with Gasteiger partial charge in [-0.25, -0.2) is 17.5 Å². The zero-order chi connectivity index (χ0) is 13.1. The molecule has 0 aromatic heterocycles. The molecule has 1 aromatic rings. The van der Waals surface area contributed by atoms with Crippen LogP contribution in [0.4, 0.5) is 4.39 Å². The lowest BCUT2D eigenvalue weighted by molar-refractivity contribution is 0.555. The van der Waals surface area contributed by atoms with Gasteiger partial charge < -0.3 is 0 Å². The van der Waals surface area contributed by atoms with Crippen molar-refractivity contribution in [3.05, 3.63) is 29.0 Å². The molecule has 3 nitrogen and oxygen atoms in total. The Morgan fingerprint density at radius 2 is 2.18 bits per heavy atom. The molecular formula is C10H12BrClFNO2S. The SMILES string of the molecule is CC(CCBr)NS(=O)(=O)c1cc(F)ccc1Cl. The van der Waals surface area contributed by atoms with Gasteiger partial charge in [-0.3, -0.25) is 0 Å². The van der Waals surface area contributed by atoms with Crippen LogP contribution in [0.5, 0.6) is 0 Å². The first-order valence-corrected chi connectivity index (χ1v) is 7.88. The summed E-state index contributed by atoms with van der Waals surface area (Å²) in [7, 11) is -3.78. The van der Waals surface area contributed by atoms with E-state index < -0.39 is 15.8 Å². The first-order valence-electron chi connectivity index (χ1n) is 4.90. The summed E-state index contributed by atoms with van der Waals surface area (Å²) in [6.07, 6.45) is 0.631. The van der Waals surface area contributed by atoms with Crippen LogP contribution in [-0.4, -0.2) is 19.8 Å². The molecule has 1 atom stereocenters. The fourth-order valence-electron chi connectivity index (χ4n) is 1.23. The van der Waals surface area contributed by atoms with Crippen molar-refractivity contribution in [1.82, 2.24) is 4.72 Å². The maximum Gasteiger partial charge on any atom is 0.242 e.